The van der Waals surface area contributed by atoms with Crippen LogP contribution < -0.4 is 19.5 Å². The summed E-state index contributed by atoms with van der Waals surface area (Å²) in [4.78, 5) is 14.4. The summed E-state index contributed by atoms with van der Waals surface area (Å²) in [5.74, 6) is 2.02. The Kier molecular flexibility index (Phi) is 5.56. The molecule has 7 heteroatoms. The van der Waals surface area contributed by atoms with Gasteiger partial charge in [0, 0.05) is 6.54 Å². The fraction of sp³-hybridized carbons (Fsp3) is 0.438. The van der Waals surface area contributed by atoms with Gasteiger partial charge in [0.1, 0.15) is 0 Å². The minimum absolute atomic E-state index is 0.431. The van der Waals surface area contributed by atoms with E-state index in [-0.39, 0.29) is 0 Å². The molecule has 1 heterocycles. The fourth-order valence-corrected chi connectivity index (χ4v) is 2.56. The van der Waals surface area contributed by atoms with E-state index in [1.807, 2.05) is 12.1 Å². The van der Waals surface area contributed by atoms with Crippen molar-refractivity contribution in [3.05, 3.63) is 17.8 Å². The van der Waals surface area contributed by atoms with Crippen LogP contribution in [0, 0.1) is 0 Å². The maximum Gasteiger partial charge on any atom is 0.406 e. The summed E-state index contributed by atoms with van der Waals surface area (Å²) in [5.41, 5.74) is 1.86. The van der Waals surface area contributed by atoms with E-state index in [2.05, 4.69) is 15.0 Å². The number of rotatable bonds is 7. The number of aryl methyl sites for hydroxylation is 1. The number of nitrogens with one attached hydrogen (secondary N) is 2. The molecule has 0 aliphatic heterocycles. The van der Waals surface area contributed by atoms with E-state index in [1.54, 1.807) is 21.3 Å². The van der Waals surface area contributed by atoms with Gasteiger partial charge >= 0.3 is 6.09 Å². The lowest BCUT2D eigenvalue weighted by molar-refractivity contribution is 0.171. The maximum absolute atomic E-state index is 11.0. The number of fused-ring (bicyclic) bond motifs is 1. The molecule has 0 saturated heterocycles. The Bertz CT molecular complexity index is 681. The van der Waals surface area contributed by atoms with Crippen molar-refractivity contribution in [2.75, 3.05) is 35.0 Å². The number of aromatic nitrogens is 1. The Morgan fingerprint density at radius 1 is 1.09 bits per heavy atom. The van der Waals surface area contributed by atoms with Crippen molar-refractivity contribution in [1.29, 1.82) is 0 Å². The first-order valence-corrected chi connectivity index (χ1v) is 7.27. The number of hydrogen-bond donors (Lipinski definition) is 2. The molecule has 2 rings (SSSR count). The van der Waals surface area contributed by atoms with Gasteiger partial charge in [-0.25, -0.2) is 4.79 Å². The topological polar surface area (TPSA) is 81.8 Å². The molecule has 1 amide bonds. The summed E-state index contributed by atoms with van der Waals surface area (Å²) in [6.45, 7) is 0.519. The zero-order valence-electron chi connectivity index (χ0n) is 13.8. The summed E-state index contributed by atoms with van der Waals surface area (Å²) in [5, 5.41) is 3.51. The summed E-state index contributed by atoms with van der Waals surface area (Å²) >= 11 is 0. The van der Waals surface area contributed by atoms with Gasteiger partial charge in [-0.1, -0.05) is 0 Å². The smallest absolute Gasteiger partial charge is 0.406 e. The molecule has 7 nitrogen and oxygen atoms in total. The summed E-state index contributed by atoms with van der Waals surface area (Å²) in [6, 6.07) is 3.77. The average molecular weight is 322 g/mol. The van der Waals surface area contributed by atoms with E-state index in [1.165, 1.54) is 7.11 Å². The third-order valence-corrected chi connectivity index (χ3v) is 3.59. The second-order valence-electron chi connectivity index (χ2n) is 4.88. The molecule has 0 fully saturated rings. The second kappa shape index (κ2) is 7.62. The van der Waals surface area contributed by atoms with Crippen LogP contribution in [0.15, 0.2) is 12.1 Å². The highest BCUT2D eigenvalue weighted by Gasteiger charge is 2.19. The normalized spacial score (nSPS) is 10.4. The standard InChI is InChI=1S/C16H22N2O5/c1-20-12-8-7-10-13(15(12)22-3)14(21-2)11(18-10)6-5-9-17-16(19)23-4/h7-8,18H,5-6,9H2,1-4H3,(H,17,19). The fourth-order valence-electron chi connectivity index (χ4n) is 2.56. The van der Waals surface area contributed by atoms with Crippen LogP contribution in [0.3, 0.4) is 0 Å². The van der Waals surface area contributed by atoms with Crippen molar-refractivity contribution < 1.29 is 23.7 Å². The molecule has 0 atom stereocenters. The number of aromatic amines is 1. The molecular formula is C16H22N2O5. The van der Waals surface area contributed by atoms with E-state index in [0.29, 0.717) is 24.5 Å². The minimum Gasteiger partial charge on any atom is -0.494 e. The number of hydrogen-bond acceptors (Lipinski definition) is 5. The van der Waals surface area contributed by atoms with Crippen LogP contribution in [0.4, 0.5) is 4.79 Å². The SMILES string of the molecule is COC(=O)NCCCc1[nH]c2ccc(OC)c(OC)c2c1OC. The van der Waals surface area contributed by atoms with Crippen LogP contribution in [0.1, 0.15) is 12.1 Å². The molecule has 0 saturated carbocycles. The first-order valence-electron chi connectivity index (χ1n) is 7.27. The molecule has 1 aromatic heterocycles. The molecule has 2 aromatic rings. The summed E-state index contributed by atoms with van der Waals surface area (Å²) < 4.78 is 20.9. The Labute approximate surface area is 134 Å². The van der Waals surface area contributed by atoms with Crippen LogP contribution in [0.5, 0.6) is 17.2 Å². The molecule has 126 valence electrons. The zero-order chi connectivity index (χ0) is 16.8. The van der Waals surface area contributed by atoms with E-state index in [9.17, 15) is 4.79 Å². The van der Waals surface area contributed by atoms with Gasteiger partial charge in [0.25, 0.3) is 0 Å². The van der Waals surface area contributed by atoms with Crippen molar-refractivity contribution >= 4 is 17.0 Å². The number of benzene rings is 1. The predicted molar refractivity (Wildman–Crippen MR) is 86.7 cm³/mol. The summed E-state index contributed by atoms with van der Waals surface area (Å²) in [7, 11) is 6.17. The summed E-state index contributed by atoms with van der Waals surface area (Å²) in [6.07, 6.45) is 1.03. The number of H-pyrrole nitrogens is 1. The molecule has 1 aromatic carbocycles. The molecule has 0 unspecified atom stereocenters. The lowest BCUT2D eigenvalue weighted by Gasteiger charge is -2.10. The number of carbonyl (C=O) groups excluding carboxylic acids is 1. The van der Waals surface area contributed by atoms with E-state index in [0.717, 1.165) is 28.8 Å². The van der Waals surface area contributed by atoms with Crippen molar-refractivity contribution in [3.8, 4) is 17.2 Å². The first-order chi connectivity index (χ1) is 11.2. The number of amides is 1. The molecule has 0 aliphatic rings. The van der Waals surface area contributed by atoms with Crippen LogP contribution in [-0.4, -0.2) is 46.1 Å². The van der Waals surface area contributed by atoms with E-state index >= 15 is 0 Å². The highest BCUT2D eigenvalue weighted by Crippen LogP contribution is 2.42. The van der Waals surface area contributed by atoms with Crippen molar-refractivity contribution in [1.82, 2.24) is 10.3 Å². The number of ether oxygens (including phenoxy) is 4. The van der Waals surface area contributed by atoms with Crippen LogP contribution in [0.25, 0.3) is 10.9 Å². The predicted octanol–water partition coefficient (Wildman–Crippen LogP) is 2.48. The lowest BCUT2D eigenvalue weighted by atomic mass is 10.1. The highest BCUT2D eigenvalue weighted by molar-refractivity contribution is 5.95. The third kappa shape index (κ3) is 3.44. The van der Waals surface area contributed by atoms with Gasteiger partial charge in [0.15, 0.2) is 17.2 Å². The molecule has 0 radical (unpaired) electrons. The second-order valence-corrected chi connectivity index (χ2v) is 4.88. The third-order valence-electron chi connectivity index (χ3n) is 3.59. The number of carbonyl (C=O) groups is 1. The highest BCUT2D eigenvalue weighted by atomic mass is 16.5. The first kappa shape index (κ1) is 16.8. The molecule has 0 spiro atoms. The van der Waals surface area contributed by atoms with Crippen molar-refractivity contribution in [2.45, 2.75) is 12.8 Å². The van der Waals surface area contributed by atoms with Crippen LogP contribution in [0.2, 0.25) is 0 Å². The Morgan fingerprint density at radius 2 is 1.83 bits per heavy atom. The Balaban J connectivity index is 2.25. The van der Waals surface area contributed by atoms with Crippen LogP contribution in [-0.2, 0) is 11.2 Å². The maximum atomic E-state index is 11.0. The quantitative estimate of drug-likeness (QED) is 0.765. The Hall–Kier alpha value is -2.57. The van der Waals surface area contributed by atoms with Crippen molar-refractivity contribution in [3.63, 3.8) is 0 Å². The largest absolute Gasteiger partial charge is 0.494 e. The van der Waals surface area contributed by atoms with Gasteiger partial charge in [0.2, 0.25) is 0 Å². The average Bonchev–Trinajstić information content (AvgIpc) is 2.94. The van der Waals surface area contributed by atoms with Gasteiger partial charge in [-0.3, -0.25) is 0 Å². The molecule has 2 N–H and O–H groups in total. The molecule has 23 heavy (non-hydrogen) atoms. The van der Waals surface area contributed by atoms with Gasteiger partial charge in [-0.15, -0.1) is 0 Å². The van der Waals surface area contributed by atoms with Gasteiger partial charge < -0.3 is 29.2 Å². The number of alkyl carbamates (subject to hydrolysis) is 1. The molecular weight excluding hydrogens is 300 g/mol. The zero-order valence-corrected chi connectivity index (χ0v) is 13.8. The van der Waals surface area contributed by atoms with E-state index < -0.39 is 6.09 Å². The Morgan fingerprint density at radius 3 is 2.43 bits per heavy atom. The lowest BCUT2D eigenvalue weighted by Crippen LogP contribution is -2.24. The molecule has 0 bridgehead atoms. The van der Waals surface area contributed by atoms with Crippen LogP contribution >= 0.6 is 0 Å². The minimum atomic E-state index is -0.431. The number of methoxy groups -OCH3 is 4. The molecule has 0 aliphatic carbocycles. The van der Waals surface area contributed by atoms with E-state index in [4.69, 9.17) is 14.2 Å². The van der Waals surface area contributed by atoms with Gasteiger partial charge in [0.05, 0.1) is 45.0 Å². The van der Waals surface area contributed by atoms with Crippen molar-refractivity contribution in [2.24, 2.45) is 0 Å². The van der Waals surface area contributed by atoms with Gasteiger partial charge in [-0.05, 0) is 25.0 Å². The van der Waals surface area contributed by atoms with Gasteiger partial charge in [-0.2, -0.15) is 0 Å². The monoisotopic (exact) mass is 322 g/mol.